The number of nitrogens with one attached hydrogen (secondary N) is 3. The van der Waals surface area contributed by atoms with E-state index in [1.807, 2.05) is 68.6 Å². The van der Waals surface area contributed by atoms with E-state index in [9.17, 15) is 14.4 Å². The lowest BCUT2D eigenvalue weighted by Gasteiger charge is -2.31. The highest BCUT2D eigenvalue weighted by molar-refractivity contribution is 8.01. The molecule has 2 saturated heterocycles. The zero-order valence-corrected chi connectivity index (χ0v) is 24.3. The quantitative estimate of drug-likeness (QED) is 0.339. The molecule has 0 unspecified atom stereocenters. The van der Waals surface area contributed by atoms with Gasteiger partial charge in [0.05, 0.1) is 13.2 Å². The maximum Gasteiger partial charge on any atom is 0.256 e. The van der Waals surface area contributed by atoms with Crippen LogP contribution >= 0.6 is 11.8 Å². The number of benzene rings is 2. The fourth-order valence-electron chi connectivity index (χ4n) is 6.25. The summed E-state index contributed by atoms with van der Waals surface area (Å²) in [6.07, 6.45) is 3.05. The first-order valence-electron chi connectivity index (χ1n) is 14.4. The first kappa shape index (κ1) is 27.8. The van der Waals surface area contributed by atoms with Crippen LogP contribution in [-0.4, -0.2) is 88.7 Å². The molecule has 3 aliphatic heterocycles. The SMILES string of the molecule is CC1(C)S[C@H]2c3ccccc3C(=O)N2[C@@H]1C(=O)N[C@@H](Cc1c[nH]c2ccccc12)C(=O)NCCCN1CCOCC1. The number of carbonyl (C=O) groups excluding carboxylic acids is 3. The van der Waals surface area contributed by atoms with Gasteiger partial charge in [-0.2, -0.15) is 0 Å². The van der Waals surface area contributed by atoms with Crippen LogP contribution < -0.4 is 10.6 Å². The maximum absolute atomic E-state index is 14.0. The molecule has 2 fully saturated rings. The van der Waals surface area contributed by atoms with Crippen LogP contribution in [0.1, 0.15) is 47.1 Å². The number of morpholine rings is 1. The van der Waals surface area contributed by atoms with E-state index in [0.717, 1.165) is 61.3 Å². The van der Waals surface area contributed by atoms with E-state index in [4.69, 9.17) is 4.74 Å². The molecule has 3 atom stereocenters. The molecule has 0 spiro atoms. The van der Waals surface area contributed by atoms with E-state index in [1.165, 1.54) is 0 Å². The van der Waals surface area contributed by atoms with E-state index in [0.29, 0.717) is 18.5 Å². The molecule has 1 aromatic heterocycles. The third-order valence-electron chi connectivity index (χ3n) is 8.33. The van der Waals surface area contributed by atoms with Gasteiger partial charge in [-0.15, -0.1) is 11.8 Å². The summed E-state index contributed by atoms with van der Waals surface area (Å²) in [5.74, 6) is -0.661. The minimum atomic E-state index is -0.787. The van der Waals surface area contributed by atoms with Crippen LogP contribution in [0, 0.1) is 0 Å². The van der Waals surface area contributed by atoms with Gasteiger partial charge in [-0.1, -0.05) is 36.4 Å². The van der Waals surface area contributed by atoms with Crippen molar-refractivity contribution in [3.8, 4) is 0 Å². The Hall–Kier alpha value is -3.34. The van der Waals surface area contributed by atoms with Gasteiger partial charge in [-0.25, -0.2) is 0 Å². The molecule has 4 heterocycles. The molecule has 3 aromatic rings. The van der Waals surface area contributed by atoms with Crippen LogP contribution in [0.4, 0.5) is 0 Å². The predicted octanol–water partition coefficient (Wildman–Crippen LogP) is 3.08. The summed E-state index contributed by atoms with van der Waals surface area (Å²) < 4.78 is 4.89. The number of thioether (sulfide) groups is 1. The van der Waals surface area contributed by atoms with Gasteiger partial charge in [0.25, 0.3) is 5.91 Å². The molecule has 2 aromatic carbocycles. The Kier molecular flexibility index (Phi) is 7.80. The van der Waals surface area contributed by atoms with Crippen molar-refractivity contribution in [2.45, 2.75) is 48.9 Å². The molecule has 0 radical (unpaired) electrons. The Labute approximate surface area is 244 Å². The molecule has 6 rings (SSSR count). The van der Waals surface area contributed by atoms with Crippen LogP contribution in [-0.2, 0) is 20.7 Å². The summed E-state index contributed by atoms with van der Waals surface area (Å²) in [7, 11) is 0. The van der Waals surface area contributed by atoms with Gasteiger partial charge in [-0.3, -0.25) is 19.3 Å². The van der Waals surface area contributed by atoms with Crippen molar-refractivity contribution in [1.82, 2.24) is 25.4 Å². The van der Waals surface area contributed by atoms with Crippen LogP contribution in [0.2, 0.25) is 0 Å². The molecule has 3 amide bonds. The van der Waals surface area contributed by atoms with Crippen molar-refractivity contribution >= 4 is 40.4 Å². The van der Waals surface area contributed by atoms with E-state index in [-0.39, 0.29) is 23.1 Å². The lowest BCUT2D eigenvalue weighted by atomic mass is 9.99. The fourth-order valence-corrected chi connectivity index (χ4v) is 7.84. The van der Waals surface area contributed by atoms with Gasteiger partial charge in [-0.05, 0) is 50.1 Å². The van der Waals surface area contributed by atoms with Crippen molar-refractivity contribution in [1.29, 1.82) is 0 Å². The molecule has 0 saturated carbocycles. The fraction of sp³-hybridized carbons (Fsp3) is 0.452. The summed E-state index contributed by atoms with van der Waals surface area (Å²) >= 11 is 1.62. The minimum absolute atomic E-state index is 0.135. The summed E-state index contributed by atoms with van der Waals surface area (Å²) in [5, 5.41) is 6.93. The standard InChI is InChI=1S/C31H37N5O4S/c1-31(2)26(36-29(39)22-9-3-4-10-23(22)30(36)41-31)28(38)34-25(18-20-19-33-24-11-6-5-8-21(20)24)27(37)32-12-7-13-35-14-16-40-17-15-35/h3-6,8-11,19,25-26,30,33H,7,12-18H2,1-2H3,(H,32,37)(H,34,38)/t25-,26+,30-/m0/s1. The number of hydrogen-bond donors (Lipinski definition) is 3. The molecule has 41 heavy (non-hydrogen) atoms. The van der Waals surface area contributed by atoms with Crippen molar-refractivity contribution in [3.05, 3.63) is 71.4 Å². The Balaban J connectivity index is 1.19. The zero-order valence-electron chi connectivity index (χ0n) is 23.5. The monoisotopic (exact) mass is 575 g/mol. The Morgan fingerprint density at radius 3 is 2.71 bits per heavy atom. The lowest BCUT2D eigenvalue weighted by molar-refractivity contribution is -0.131. The van der Waals surface area contributed by atoms with Crippen LogP contribution in [0.5, 0.6) is 0 Å². The number of nitrogens with zero attached hydrogens (tertiary/aromatic N) is 2. The molecule has 0 aliphatic carbocycles. The van der Waals surface area contributed by atoms with E-state index >= 15 is 0 Å². The lowest BCUT2D eigenvalue weighted by Crippen LogP contribution is -2.57. The molecule has 216 valence electrons. The molecule has 3 aliphatic rings. The van der Waals surface area contributed by atoms with Crippen molar-refractivity contribution in [3.63, 3.8) is 0 Å². The zero-order chi connectivity index (χ0) is 28.6. The average Bonchev–Trinajstić information content (AvgIpc) is 3.60. The van der Waals surface area contributed by atoms with Gasteiger partial charge in [0, 0.05) is 53.5 Å². The number of H-pyrrole nitrogens is 1. The number of rotatable bonds is 9. The molecule has 0 bridgehead atoms. The highest BCUT2D eigenvalue weighted by Crippen LogP contribution is 2.56. The molecule has 3 N–H and O–H groups in total. The van der Waals surface area contributed by atoms with Gasteiger partial charge in [0.2, 0.25) is 11.8 Å². The number of aromatic nitrogens is 1. The summed E-state index contributed by atoms with van der Waals surface area (Å²) in [4.78, 5) is 48.4. The number of aromatic amines is 1. The second-order valence-corrected chi connectivity index (χ2v) is 13.2. The highest BCUT2D eigenvalue weighted by Gasteiger charge is 2.57. The summed E-state index contributed by atoms with van der Waals surface area (Å²) in [6, 6.07) is 14.0. The molecular formula is C31H37N5O4S. The number of fused-ring (bicyclic) bond motifs is 4. The smallest absolute Gasteiger partial charge is 0.256 e. The topological polar surface area (TPSA) is 107 Å². The van der Waals surface area contributed by atoms with E-state index in [2.05, 4.69) is 20.5 Å². The van der Waals surface area contributed by atoms with E-state index in [1.54, 1.807) is 16.7 Å². The third kappa shape index (κ3) is 5.48. The number of ether oxygens (including phenoxy) is 1. The van der Waals surface area contributed by atoms with Crippen LogP contribution in [0.25, 0.3) is 10.9 Å². The normalized spacial score (nSPS) is 22.4. The first-order valence-corrected chi connectivity index (χ1v) is 15.2. The highest BCUT2D eigenvalue weighted by atomic mass is 32.2. The maximum atomic E-state index is 14.0. The molecule has 9 nitrogen and oxygen atoms in total. The number of hydrogen-bond acceptors (Lipinski definition) is 6. The average molecular weight is 576 g/mol. The van der Waals surface area contributed by atoms with Gasteiger partial charge >= 0.3 is 0 Å². The van der Waals surface area contributed by atoms with Crippen molar-refractivity contribution in [2.24, 2.45) is 0 Å². The molecule has 10 heteroatoms. The Morgan fingerprint density at radius 1 is 1.12 bits per heavy atom. The first-order chi connectivity index (χ1) is 19.8. The largest absolute Gasteiger partial charge is 0.379 e. The second kappa shape index (κ2) is 11.5. The Morgan fingerprint density at radius 2 is 1.88 bits per heavy atom. The van der Waals surface area contributed by atoms with Crippen molar-refractivity contribution < 1.29 is 19.1 Å². The second-order valence-electron chi connectivity index (χ2n) is 11.5. The third-order valence-corrected chi connectivity index (χ3v) is 9.87. The Bertz CT molecular complexity index is 1450. The predicted molar refractivity (Wildman–Crippen MR) is 160 cm³/mol. The number of carbonyl (C=O) groups is 3. The molecular weight excluding hydrogens is 538 g/mol. The van der Waals surface area contributed by atoms with Gasteiger partial charge in [0.15, 0.2) is 0 Å². The van der Waals surface area contributed by atoms with Gasteiger partial charge < -0.3 is 25.3 Å². The van der Waals surface area contributed by atoms with E-state index < -0.39 is 16.8 Å². The summed E-state index contributed by atoms with van der Waals surface area (Å²) in [5.41, 5.74) is 3.53. The summed E-state index contributed by atoms with van der Waals surface area (Å²) in [6.45, 7) is 8.69. The number of amides is 3. The minimum Gasteiger partial charge on any atom is -0.379 e. The van der Waals surface area contributed by atoms with Crippen molar-refractivity contribution in [2.75, 3.05) is 39.4 Å². The number of para-hydroxylation sites is 1. The van der Waals surface area contributed by atoms with Crippen LogP contribution in [0.3, 0.4) is 0 Å². The van der Waals surface area contributed by atoms with Gasteiger partial charge in [0.1, 0.15) is 17.5 Å². The van der Waals surface area contributed by atoms with Crippen LogP contribution in [0.15, 0.2) is 54.7 Å².